The Kier molecular flexibility index (Phi) is 6.05. The number of rotatable bonds is 7. The topological polar surface area (TPSA) is 56.5 Å². The normalized spacial score (nSPS) is 12.3. The third-order valence-corrected chi connectivity index (χ3v) is 5.62. The van der Waals surface area contributed by atoms with Crippen LogP contribution in [0.2, 0.25) is 0 Å². The number of ether oxygens (including phenoxy) is 1. The highest BCUT2D eigenvalue weighted by molar-refractivity contribution is 7.15. The SMILES string of the molecule is CCCCOc1ccccc1/C=c1\sc2nc(/C=C/c3ccc(C)cc3)nn2c1=O. The summed E-state index contributed by atoms with van der Waals surface area (Å²) < 4.78 is 7.83. The molecule has 0 N–H and O–H groups in total. The van der Waals surface area contributed by atoms with Crippen molar-refractivity contribution < 1.29 is 4.74 Å². The number of hydrogen-bond donors (Lipinski definition) is 0. The molecule has 5 nitrogen and oxygen atoms in total. The average molecular weight is 418 g/mol. The van der Waals surface area contributed by atoms with Crippen LogP contribution in [0.15, 0.2) is 53.3 Å². The van der Waals surface area contributed by atoms with E-state index in [0.717, 1.165) is 29.7 Å². The minimum absolute atomic E-state index is 0.166. The predicted molar refractivity (Wildman–Crippen MR) is 123 cm³/mol. The summed E-state index contributed by atoms with van der Waals surface area (Å²) in [7, 11) is 0. The Morgan fingerprint density at radius 2 is 1.90 bits per heavy atom. The Hall–Kier alpha value is -3.25. The van der Waals surface area contributed by atoms with Crippen molar-refractivity contribution in [3.8, 4) is 5.75 Å². The molecule has 0 saturated carbocycles. The maximum Gasteiger partial charge on any atom is 0.291 e. The van der Waals surface area contributed by atoms with Crippen LogP contribution in [0.25, 0.3) is 23.2 Å². The van der Waals surface area contributed by atoms with Gasteiger partial charge in [-0.3, -0.25) is 4.79 Å². The van der Waals surface area contributed by atoms with Gasteiger partial charge in [0, 0.05) is 5.56 Å². The molecule has 2 aromatic carbocycles. The molecule has 2 aromatic heterocycles. The van der Waals surface area contributed by atoms with Gasteiger partial charge < -0.3 is 4.74 Å². The highest BCUT2D eigenvalue weighted by Gasteiger charge is 2.10. The van der Waals surface area contributed by atoms with E-state index in [1.54, 1.807) is 0 Å². The molecular formula is C24H23N3O2S. The quantitative estimate of drug-likeness (QED) is 0.419. The van der Waals surface area contributed by atoms with Crippen LogP contribution in [-0.4, -0.2) is 21.2 Å². The number of benzene rings is 2. The van der Waals surface area contributed by atoms with Crippen molar-refractivity contribution in [2.24, 2.45) is 0 Å². The van der Waals surface area contributed by atoms with E-state index in [4.69, 9.17) is 4.74 Å². The fraction of sp³-hybridized carbons (Fsp3) is 0.208. The number of fused-ring (bicyclic) bond motifs is 1. The van der Waals surface area contributed by atoms with Crippen LogP contribution < -0.4 is 14.8 Å². The van der Waals surface area contributed by atoms with Crippen LogP contribution in [-0.2, 0) is 0 Å². The van der Waals surface area contributed by atoms with Crippen LogP contribution in [0.1, 0.15) is 42.3 Å². The van der Waals surface area contributed by atoms with Crippen LogP contribution in [0.4, 0.5) is 0 Å². The fourth-order valence-electron chi connectivity index (χ4n) is 2.97. The van der Waals surface area contributed by atoms with Crippen molar-refractivity contribution >= 4 is 34.5 Å². The van der Waals surface area contributed by atoms with E-state index in [-0.39, 0.29) is 5.56 Å². The number of nitrogens with zero attached hydrogens (tertiary/aromatic N) is 3. The number of unbranched alkanes of at least 4 members (excludes halogenated alkanes) is 1. The lowest BCUT2D eigenvalue weighted by Gasteiger charge is -2.07. The molecule has 30 heavy (non-hydrogen) atoms. The van der Waals surface area contributed by atoms with Crippen LogP contribution in [0.3, 0.4) is 0 Å². The summed E-state index contributed by atoms with van der Waals surface area (Å²) in [6.45, 7) is 4.85. The highest BCUT2D eigenvalue weighted by Crippen LogP contribution is 2.19. The van der Waals surface area contributed by atoms with Gasteiger partial charge in [-0.1, -0.05) is 78.8 Å². The number of aryl methyl sites for hydroxylation is 1. The van der Waals surface area contributed by atoms with Crippen LogP contribution >= 0.6 is 11.3 Å². The third-order valence-electron chi connectivity index (χ3n) is 4.66. The van der Waals surface area contributed by atoms with Gasteiger partial charge in [-0.25, -0.2) is 0 Å². The lowest BCUT2D eigenvalue weighted by molar-refractivity contribution is 0.309. The van der Waals surface area contributed by atoms with E-state index in [2.05, 4.69) is 36.1 Å². The second kappa shape index (κ2) is 9.05. The minimum Gasteiger partial charge on any atom is -0.493 e. The molecule has 4 rings (SSSR count). The molecule has 2 heterocycles. The first-order valence-electron chi connectivity index (χ1n) is 10.0. The van der Waals surface area contributed by atoms with Crippen LogP contribution in [0, 0.1) is 6.92 Å². The lowest BCUT2D eigenvalue weighted by Crippen LogP contribution is -2.23. The largest absolute Gasteiger partial charge is 0.493 e. The zero-order valence-corrected chi connectivity index (χ0v) is 17.9. The summed E-state index contributed by atoms with van der Waals surface area (Å²) in [5.41, 5.74) is 3.00. The molecule has 0 fully saturated rings. The van der Waals surface area contributed by atoms with Crippen LogP contribution in [0.5, 0.6) is 5.75 Å². The van der Waals surface area contributed by atoms with Crippen molar-refractivity contribution in [2.75, 3.05) is 6.61 Å². The number of thiazole rings is 1. The van der Waals surface area contributed by atoms with Gasteiger partial charge >= 0.3 is 0 Å². The molecule has 0 aliphatic carbocycles. The van der Waals surface area contributed by atoms with E-state index in [0.29, 0.717) is 21.9 Å². The molecule has 6 heteroatoms. The van der Waals surface area contributed by atoms with Gasteiger partial charge in [0.1, 0.15) is 5.75 Å². The molecule has 0 amide bonds. The Morgan fingerprint density at radius 1 is 1.10 bits per heavy atom. The summed E-state index contributed by atoms with van der Waals surface area (Å²) in [6.07, 6.45) is 7.69. The van der Waals surface area contributed by atoms with Gasteiger partial charge in [0.05, 0.1) is 11.1 Å². The van der Waals surface area contributed by atoms with Crippen molar-refractivity contribution in [3.05, 3.63) is 85.9 Å². The molecule has 0 spiro atoms. The van der Waals surface area contributed by atoms with E-state index in [1.807, 2.05) is 54.6 Å². The molecule has 0 aliphatic heterocycles. The molecule has 0 saturated heterocycles. The van der Waals surface area contributed by atoms with Crippen molar-refractivity contribution in [1.82, 2.24) is 14.6 Å². The first kappa shape index (κ1) is 20.0. The maximum atomic E-state index is 12.8. The van der Waals surface area contributed by atoms with E-state index >= 15 is 0 Å². The second-order valence-corrected chi connectivity index (χ2v) is 8.07. The summed E-state index contributed by atoms with van der Waals surface area (Å²) in [5, 5.41) is 4.36. The minimum atomic E-state index is -0.166. The maximum absolute atomic E-state index is 12.8. The monoisotopic (exact) mass is 417 g/mol. The molecule has 152 valence electrons. The molecule has 0 bridgehead atoms. The molecule has 0 aliphatic rings. The standard InChI is InChI=1S/C24H23N3O2S/c1-3-4-15-29-20-8-6-5-7-19(20)16-21-23(28)27-24(30-21)25-22(26-27)14-13-18-11-9-17(2)10-12-18/h5-14,16H,3-4,15H2,1-2H3/b14-13+,21-16-. The predicted octanol–water partition coefficient (Wildman–Crippen LogP) is 4.36. The van der Waals surface area contributed by atoms with Gasteiger partial charge in [0.2, 0.25) is 4.96 Å². The van der Waals surface area contributed by atoms with Crippen molar-refractivity contribution in [2.45, 2.75) is 26.7 Å². The zero-order valence-electron chi connectivity index (χ0n) is 17.0. The van der Waals surface area contributed by atoms with E-state index in [9.17, 15) is 4.79 Å². The van der Waals surface area contributed by atoms with Gasteiger partial charge in [-0.2, -0.15) is 9.50 Å². The zero-order chi connectivity index (χ0) is 20.9. The fourth-order valence-corrected chi connectivity index (χ4v) is 3.87. The lowest BCUT2D eigenvalue weighted by atomic mass is 10.1. The number of aromatic nitrogens is 3. The smallest absolute Gasteiger partial charge is 0.291 e. The highest BCUT2D eigenvalue weighted by atomic mass is 32.1. The first-order chi connectivity index (χ1) is 14.6. The van der Waals surface area contributed by atoms with Gasteiger partial charge in [0.25, 0.3) is 5.56 Å². The summed E-state index contributed by atoms with van der Waals surface area (Å²) in [4.78, 5) is 17.9. The summed E-state index contributed by atoms with van der Waals surface area (Å²) >= 11 is 1.33. The van der Waals surface area contributed by atoms with Gasteiger partial charge in [0.15, 0.2) is 5.82 Å². The number of hydrogen-bond acceptors (Lipinski definition) is 5. The Morgan fingerprint density at radius 3 is 2.67 bits per heavy atom. The molecule has 0 atom stereocenters. The van der Waals surface area contributed by atoms with E-state index in [1.165, 1.54) is 21.4 Å². The third kappa shape index (κ3) is 4.49. The Balaban J connectivity index is 1.62. The number of para-hydroxylation sites is 1. The Labute approximate surface area is 179 Å². The molecular weight excluding hydrogens is 394 g/mol. The van der Waals surface area contributed by atoms with E-state index < -0.39 is 0 Å². The molecule has 0 unspecified atom stereocenters. The summed E-state index contributed by atoms with van der Waals surface area (Å²) in [6, 6.07) is 15.9. The van der Waals surface area contributed by atoms with Crippen molar-refractivity contribution in [1.29, 1.82) is 0 Å². The Bertz CT molecular complexity index is 1290. The molecule has 4 aromatic rings. The van der Waals surface area contributed by atoms with Gasteiger partial charge in [-0.05, 0) is 37.1 Å². The molecule has 0 radical (unpaired) electrons. The van der Waals surface area contributed by atoms with Gasteiger partial charge in [-0.15, -0.1) is 5.10 Å². The van der Waals surface area contributed by atoms with Crippen molar-refractivity contribution in [3.63, 3.8) is 0 Å². The first-order valence-corrected chi connectivity index (χ1v) is 10.8. The summed E-state index contributed by atoms with van der Waals surface area (Å²) in [5.74, 6) is 1.31. The average Bonchev–Trinajstić information content (AvgIpc) is 3.28. The second-order valence-electron chi connectivity index (χ2n) is 7.06.